The van der Waals surface area contributed by atoms with E-state index < -0.39 is 10.0 Å². The highest BCUT2D eigenvalue weighted by atomic mass is 79.9. The van der Waals surface area contributed by atoms with Crippen molar-refractivity contribution < 1.29 is 13.2 Å². The summed E-state index contributed by atoms with van der Waals surface area (Å²) in [5.74, 6) is -0.344. The van der Waals surface area contributed by atoms with Gasteiger partial charge in [-0.15, -0.1) is 0 Å². The summed E-state index contributed by atoms with van der Waals surface area (Å²) >= 11 is 3.27. The number of halogens is 1. The highest BCUT2D eigenvalue weighted by molar-refractivity contribution is 9.10. The lowest BCUT2D eigenvalue weighted by atomic mass is 10.1. The maximum Gasteiger partial charge on any atom is 0.243 e. The predicted molar refractivity (Wildman–Crippen MR) is 102 cm³/mol. The average Bonchev–Trinajstić information content (AvgIpc) is 2.54. The van der Waals surface area contributed by atoms with Gasteiger partial charge in [-0.2, -0.15) is 4.31 Å². The largest absolute Gasteiger partial charge is 0.351 e. The molecule has 5 nitrogen and oxygen atoms in total. The molecule has 0 unspecified atom stereocenters. The first kappa shape index (κ1) is 19.6. The van der Waals surface area contributed by atoms with Gasteiger partial charge in [-0.25, -0.2) is 8.42 Å². The Morgan fingerprint density at radius 3 is 2.36 bits per heavy atom. The molecule has 2 aromatic rings. The monoisotopic (exact) mass is 424 g/mol. The van der Waals surface area contributed by atoms with Gasteiger partial charge in [-0.3, -0.25) is 4.79 Å². The third kappa shape index (κ3) is 5.14. The minimum absolute atomic E-state index is 0.153. The summed E-state index contributed by atoms with van der Waals surface area (Å²) in [4.78, 5) is 12.3. The van der Waals surface area contributed by atoms with Gasteiger partial charge < -0.3 is 5.32 Å². The molecular formula is C18H21BrN2O3S. The van der Waals surface area contributed by atoms with Crippen molar-refractivity contribution in [2.45, 2.75) is 25.3 Å². The molecule has 0 aliphatic carbocycles. The van der Waals surface area contributed by atoms with Gasteiger partial charge in [0.2, 0.25) is 15.9 Å². The summed E-state index contributed by atoms with van der Waals surface area (Å²) in [6.45, 7) is 4.14. The topological polar surface area (TPSA) is 66.5 Å². The molecule has 0 fully saturated rings. The van der Waals surface area contributed by atoms with Crippen molar-refractivity contribution in [2.75, 3.05) is 13.6 Å². The SMILES string of the molecule is Cc1ccc(CNC(=O)CN(C)S(=O)(=O)c2ccc(Br)cc2)c(C)c1. The van der Waals surface area contributed by atoms with E-state index in [0.717, 1.165) is 25.5 Å². The lowest BCUT2D eigenvalue weighted by Crippen LogP contribution is -2.38. The second kappa shape index (κ2) is 8.12. The first-order chi connectivity index (χ1) is 11.7. The number of sulfonamides is 1. The highest BCUT2D eigenvalue weighted by Gasteiger charge is 2.22. The Balaban J connectivity index is 1.98. The molecular weight excluding hydrogens is 404 g/mol. The summed E-state index contributed by atoms with van der Waals surface area (Å²) in [7, 11) is -2.30. The van der Waals surface area contributed by atoms with E-state index in [1.165, 1.54) is 19.2 Å². The maximum atomic E-state index is 12.5. The molecule has 1 N–H and O–H groups in total. The molecule has 0 radical (unpaired) electrons. The van der Waals surface area contributed by atoms with E-state index in [9.17, 15) is 13.2 Å². The smallest absolute Gasteiger partial charge is 0.243 e. The third-order valence-corrected chi connectivity index (χ3v) is 6.21. The second-order valence-corrected chi connectivity index (χ2v) is 8.88. The van der Waals surface area contributed by atoms with Crippen LogP contribution in [0.2, 0.25) is 0 Å². The number of hydrogen-bond donors (Lipinski definition) is 1. The van der Waals surface area contributed by atoms with Crippen molar-refractivity contribution in [2.24, 2.45) is 0 Å². The van der Waals surface area contributed by atoms with Crippen LogP contribution in [0.15, 0.2) is 51.8 Å². The first-order valence-corrected chi connectivity index (χ1v) is 9.98. The zero-order valence-electron chi connectivity index (χ0n) is 14.4. The van der Waals surface area contributed by atoms with Crippen LogP contribution in [0.4, 0.5) is 0 Å². The van der Waals surface area contributed by atoms with E-state index >= 15 is 0 Å². The molecule has 0 bridgehead atoms. The van der Waals surface area contributed by atoms with Crippen LogP contribution >= 0.6 is 15.9 Å². The van der Waals surface area contributed by atoms with Crippen molar-refractivity contribution in [1.29, 1.82) is 0 Å². The Kier molecular flexibility index (Phi) is 6.37. The van der Waals surface area contributed by atoms with Crippen molar-refractivity contribution in [3.05, 3.63) is 63.6 Å². The number of hydrogen-bond acceptors (Lipinski definition) is 3. The second-order valence-electron chi connectivity index (χ2n) is 5.92. The molecule has 0 atom stereocenters. The number of aryl methyl sites for hydroxylation is 2. The molecule has 25 heavy (non-hydrogen) atoms. The van der Waals surface area contributed by atoms with Crippen molar-refractivity contribution in [3.63, 3.8) is 0 Å². The van der Waals surface area contributed by atoms with Crippen molar-refractivity contribution in [3.8, 4) is 0 Å². The highest BCUT2D eigenvalue weighted by Crippen LogP contribution is 2.17. The minimum Gasteiger partial charge on any atom is -0.351 e. The zero-order valence-corrected chi connectivity index (χ0v) is 16.8. The number of nitrogens with zero attached hydrogens (tertiary/aromatic N) is 1. The quantitative estimate of drug-likeness (QED) is 0.774. The lowest BCUT2D eigenvalue weighted by molar-refractivity contribution is -0.121. The summed E-state index contributed by atoms with van der Waals surface area (Å²) in [5, 5.41) is 2.77. The molecule has 0 aliphatic rings. The Hall–Kier alpha value is -1.70. The zero-order chi connectivity index (χ0) is 18.6. The van der Waals surface area contributed by atoms with Crippen LogP contribution in [0.25, 0.3) is 0 Å². The van der Waals surface area contributed by atoms with E-state index in [-0.39, 0.29) is 17.3 Å². The van der Waals surface area contributed by atoms with Crippen LogP contribution < -0.4 is 5.32 Å². The molecule has 0 saturated heterocycles. The van der Waals surface area contributed by atoms with E-state index in [4.69, 9.17) is 0 Å². The Morgan fingerprint density at radius 2 is 1.76 bits per heavy atom. The van der Waals surface area contributed by atoms with Gasteiger partial charge in [-0.1, -0.05) is 39.7 Å². The molecule has 2 aromatic carbocycles. The average molecular weight is 425 g/mol. The fourth-order valence-electron chi connectivity index (χ4n) is 2.37. The number of benzene rings is 2. The van der Waals surface area contributed by atoms with Crippen LogP contribution in [0, 0.1) is 13.8 Å². The molecule has 1 amide bonds. The Bertz CT molecular complexity index is 864. The van der Waals surface area contributed by atoms with Gasteiger partial charge in [0.25, 0.3) is 0 Å². The molecule has 7 heteroatoms. The fraction of sp³-hybridized carbons (Fsp3) is 0.278. The Labute approximate surface area is 157 Å². The van der Waals surface area contributed by atoms with E-state index in [0.29, 0.717) is 6.54 Å². The fourth-order valence-corrected chi connectivity index (χ4v) is 3.76. The van der Waals surface area contributed by atoms with E-state index in [1.54, 1.807) is 12.1 Å². The Morgan fingerprint density at radius 1 is 1.12 bits per heavy atom. The molecule has 0 spiro atoms. The molecule has 0 aromatic heterocycles. The van der Waals surface area contributed by atoms with Gasteiger partial charge in [0, 0.05) is 18.1 Å². The number of rotatable bonds is 6. The van der Waals surface area contributed by atoms with Gasteiger partial charge in [0.1, 0.15) is 0 Å². The normalized spacial score (nSPS) is 11.6. The first-order valence-electron chi connectivity index (χ1n) is 7.75. The number of likely N-dealkylation sites (N-methyl/N-ethyl adjacent to an activating group) is 1. The standard InChI is InChI=1S/C18H21BrN2O3S/c1-13-4-5-15(14(2)10-13)11-20-18(22)12-21(3)25(23,24)17-8-6-16(19)7-9-17/h4-10H,11-12H2,1-3H3,(H,20,22). The maximum absolute atomic E-state index is 12.5. The van der Waals surface area contributed by atoms with Crippen LogP contribution in [-0.4, -0.2) is 32.2 Å². The third-order valence-electron chi connectivity index (χ3n) is 3.86. The predicted octanol–water partition coefficient (Wildman–Crippen LogP) is 3.00. The van der Waals surface area contributed by atoms with Crippen molar-refractivity contribution >= 4 is 31.9 Å². The lowest BCUT2D eigenvalue weighted by Gasteiger charge is -2.17. The molecule has 134 valence electrons. The molecule has 0 heterocycles. The number of carbonyl (C=O) groups excluding carboxylic acids is 1. The van der Waals surface area contributed by atoms with Crippen LogP contribution in [0.5, 0.6) is 0 Å². The van der Waals surface area contributed by atoms with E-state index in [1.807, 2.05) is 32.0 Å². The minimum atomic E-state index is -3.70. The van der Waals surface area contributed by atoms with Gasteiger partial charge >= 0.3 is 0 Å². The van der Waals surface area contributed by atoms with Gasteiger partial charge in [0.05, 0.1) is 11.4 Å². The summed E-state index contributed by atoms with van der Waals surface area (Å²) in [6.07, 6.45) is 0. The number of carbonyl (C=O) groups is 1. The molecule has 0 saturated carbocycles. The summed E-state index contributed by atoms with van der Waals surface area (Å²) in [5.41, 5.74) is 3.27. The van der Waals surface area contributed by atoms with Crippen LogP contribution in [0.3, 0.4) is 0 Å². The van der Waals surface area contributed by atoms with Gasteiger partial charge in [-0.05, 0) is 49.2 Å². The molecule has 0 aliphatic heterocycles. The number of amides is 1. The number of nitrogens with one attached hydrogen (secondary N) is 1. The van der Waals surface area contributed by atoms with Crippen LogP contribution in [-0.2, 0) is 21.4 Å². The van der Waals surface area contributed by atoms with E-state index in [2.05, 4.69) is 21.2 Å². The molecule has 2 rings (SSSR count). The summed E-state index contributed by atoms with van der Waals surface area (Å²) in [6, 6.07) is 12.3. The van der Waals surface area contributed by atoms with Crippen LogP contribution in [0.1, 0.15) is 16.7 Å². The van der Waals surface area contributed by atoms with Gasteiger partial charge in [0.15, 0.2) is 0 Å². The summed E-state index contributed by atoms with van der Waals surface area (Å²) < 4.78 is 26.8. The van der Waals surface area contributed by atoms with Crippen molar-refractivity contribution in [1.82, 2.24) is 9.62 Å².